The van der Waals surface area contributed by atoms with Crippen LogP contribution in [0.5, 0.6) is 0 Å². The molecule has 0 saturated heterocycles. The minimum atomic E-state index is -3.98. The number of fused-ring (bicyclic) bond motifs is 1. The van der Waals surface area contributed by atoms with Crippen LogP contribution >= 0.6 is 11.6 Å². The van der Waals surface area contributed by atoms with Crippen LogP contribution in [0.15, 0.2) is 47.4 Å². The van der Waals surface area contributed by atoms with Gasteiger partial charge in [-0.2, -0.15) is 0 Å². The maximum Gasteiger partial charge on any atom is 0.337 e. The molecule has 2 aromatic carbocycles. The van der Waals surface area contributed by atoms with Gasteiger partial charge in [-0.1, -0.05) is 18.0 Å². The van der Waals surface area contributed by atoms with E-state index in [4.69, 9.17) is 16.7 Å². The molecule has 4 rings (SSSR count). The van der Waals surface area contributed by atoms with E-state index in [1.807, 2.05) is 0 Å². The maximum atomic E-state index is 12.7. The number of carboxylic acids is 1. The van der Waals surface area contributed by atoms with Crippen LogP contribution in [0.1, 0.15) is 35.4 Å². The number of nitrogens with zero attached hydrogens (tertiary/aromatic N) is 3. The number of carbonyl (C=O) groups is 1. The number of aromatic carboxylic acids is 1. The van der Waals surface area contributed by atoms with Crippen molar-refractivity contribution in [1.82, 2.24) is 14.8 Å². The van der Waals surface area contributed by atoms with Gasteiger partial charge in [-0.3, -0.25) is 4.72 Å². The molecule has 1 aliphatic heterocycles. The molecule has 30 heavy (non-hydrogen) atoms. The van der Waals surface area contributed by atoms with Crippen molar-refractivity contribution in [2.45, 2.75) is 37.1 Å². The third kappa shape index (κ3) is 4.03. The Kier molecular flexibility index (Phi) is 5.48. The Morgan fingerprint density at radius 3 is 2.57 bits per heavy atom. The number of halogens is 1. The van der Waals surface area contributed by atoms with Crippen LogP contribution in [0.25, 0.3) is 11.4 Å². The Labute approximate surface area is 178 Å². The Morgan fingerprint density at radius 2 is 1.83 bits per heavy atom. The van der Waals surface area contributed by atoms with Gasteiger partial charge < -0.3 is 9.67 Å². The van der Waals surface area contributed by atoms with Gasteiger partial charge in [0.1, 0.15) is 5.82 Å². The molecule has 10 heteroatoms. The van der Waals surface area contributed by atoms with E-state index in [2.05, 4.69) is 19.5 Å². The predicted molar refractivity (Wildman–Crippen MR) is 112 cm³/mol. The number of anilines is 1. The second kappa shape index (κ2) is 8.08. The molecule has 1 aliphatic rings. The van der Waals surface area contributed by atoms with Crippen LogP contribution < -0.4 is 4.72 Å². The standard InChI is InChI=1S/C20H19ClN4O4S/c21-17-10-9-15(12-16(17)20(26)27)30(28,29)24-14-7-5-13(6-8-14)19-23-22-18-4-2-1-3-11-25(18)19/h5-10,12,24H,1-4,11H2,(H,26,27). The number of sulfonamides is 1. The largest absolute Gasteiger partial charge is 0.478 e. The first-order chi connectivity index (χ1) is 14.3. The normalized spacial score (nSPS) is 14.0. The zero-order valence-corrected chi connectivity index (χ0v) is 17.4. The summed E-state index contributed by atoms with van der Waals surface area (Å²) in [6, 6.07) is 10.4. The number of nitrogens with one attached hydrogen (secondary N) is 1. The van der Waals surface area contributed by atoms with Gasteiger partial charge in [-0.25, -0.2) is 13.2 Å². The van der Waals surface area contributed by atoms with E-state index in [0.29, 0.717) is 5.69 Å². The van der Waals surface area contributed by atoms with E-state index >= 15 is 0 Å². The fourth-order valence-electron chi connectivity index (χ4n) is 3.44. The Balaban J connectivity index is 1.58. The summed E-state index contributed by atoms with van der Waals surface area (Å²) < 4.78 is 29.9. The highest BCUT2D eigenvalue weighted by molar-refractivity contribution is 7.92. The number of hydrogen-bond acceptors (Lipinski definition) is 5. The van der Waals surface area contributed by atoms with Crippen LogP contribution in [-0.2, 0) is 23.0 Å². The summed E-state index contributed by atoms with van der Waals surface area (Å²) in [4.78, 5) is 11.0. The highest BCUT2D eigenvalue weighted by Crippen LogP contribution is 2.26. The molecule has 0 amide bonds. The lowest BCUT2D eigenvalue weighted by Crippen LogP contribution is -2.14. The zero-order chi connectivity index (χ0) is 21.3. The summed E-state index contributed by atoms with van der Waals surface area (Å²) in [6.45, 7) is 0.870. The molecule has 0 radical (unpaired) electrons. The minimum absolute atomic E-state index is 0.0294. The lowest BCUT2D eigenvalue weighted by molar-refractivity contribution is 0.0697. The molecule has 0 fully saturated rings. The zero-order valence-electron chi connectivity index (χ0n) is 15.9. The molecule has 3 aromatic rings. The van der Waals surface area contributed by atoms with E-state index < -0.39 is 16.0 Å². The number of benzene rings is 2. The highest BCUT2D eigenvalue weighted by atomic mass is 35.5. The SMILES string of the molecule is O=C(O)c1cc(S(=O)(=O)Nc2ccc(-c3nnc4n3CCCCC4)cc2)ccc1Cl. The van der Waals surface area contributed by atoms with Crippen molar-refractivity contribution < 1.29 is 18.3 Å². The van der Waals surface area contributed by atoms with E-state index in [9.17, 15) is 13.2 Å². The Bertz CT molecular complexity index is 1210. The third-order valence-electron chi connectivity index (χ3n) is 4.98. The molecule has 0 unspecified atom stereocenters. The molecule has 1 aromatic heterocycles. The lowest BCUT2D eigenvalue weighted by Gasteiger charge is -2.11. The Morgan fingerprint density at radius 1 is 1.07 bits per heavy atom. The number of hydrogen-bond donors (Lipinski definition) is 2. The van der Waals surface area contributed by atoms with E-state index in [0.717, 1.165) is 55.5 Å². The smallest absolute Gasteiger partial charge is 0.337 e. The average Bonchev–Trinajstić information content (AvgIpc) is 2.96. The first-order valence-electron chi connectivity index (χ1n) is 9.43. The first kappa shape index (κ1) is 20.4. The van der Waals surface area contributed by atoms with E-state index in [-0.39, 0.29) is 15.5 Å². The van der Waals surface area contributed by atoms with Crippen LogP contribution in [0.2, 0.25) is 5.02 Å². The van der Waals surface area contributed by atoms with Gasteiger partial charge in [-0.15, -0.1) is 10.2 Å². The molecule has 2 heterocycles. The fourth-order valence-corrected chi connectivity index (χ4v) is 4.72. The molecular weight excluding hydrogens is 428 g/mol. The first-order valence-corrected chi connectivity index (χ1v) is 11.3. The Hall–Kier alpha value is -2.91. The highest BCUT2D eigenvalue weighted by Gasteiger charge is 2.19. The van der Waals surface area contributed by atoms with Crippen LogP contribution in [0.3, 0.4) is 0 Å². The molecule has 0 atom stereocenters. The van der Waals surface area contributed by atoms with Crippen molar-refractivity contribution in [1.29, 1.82) is 0 Å². The second-order valence-electron chi connectivity index (χ2n) is 7.03. The lowest BCUT2D eigenvalue weighted by atomic mass is 10.2. The van der Waals surface area contributed by atoms with Gasteiger partial charge in [0.15, 0.2) is 5.82 Å². The second-order valence-corrected chi connectivity index (χ2v) is 9.12. The molecule has 0 saturated carbocycles. The van der Waals surface area contributed by atoms with Crippen molar-refractivity contribution in [2.75, 3.05) is 4.72 Å². The van der Waals surface area contributed by atoms with Crippen molar-refractivity contribution in [3.05, 3.63) is 58.9 Å². The molecule has 2 N–H and O–H groups in total. The fraction of sp³-hybridized carbons (Fsp3) is 0.250. The maximum absolute atomic E-state index is 12.7. The van der Waals surface area contributed by atoms with Crippen LogP contribution in [0.4, 0.5) is 5.69 Å². The summed E-state index contributed by atoms with van der Waals surface area (Å²) in [6.07, 6.45) is 4.25. The molecule has 8 nitrogen and oxygen atoms in total. The number of rotatable bonds is 5. The average molecular weight is 447 g/mol. The summed E-state index contributed by atoms with van der Waals surface area (Å²) in [7, 11) is -3.98. The van der Waals surface area contributed by atoms with E-state index in [1.54, 1.807) is 24.3 Å². The summed E-state index contributed by atoms with van der Waals surface area (Å²) in [5.74, 6) is 0.447. The monoisotopic (exact) mass is 446 g/mol. The van der Waals surface area contributed by atoms with Gasteiger partial charge in [0, 0.05) is 24.2 Å². The van der Waals surface area contributed by atoms with Crippen LogP contribution in [-0.4, -0.2) is 34.3 Å². The van der Waals surface area contributed by atoms with Crippen molar-refractivity contribution in [2.24, 2.45) is 0 Å². The van der Waals surface area contributed by atoms with Crippen molar-refractivity contribution >= 4 is 33.3 Å². The quantitative estimate of drug-likeness (QED) is 0.615. The van der Waals surface area contributed by atoms with Crippen LogP contribution in [0, 0.1) is 0 Å². The molecule has 156 valence electrons. The predicted octanol–water partition coefficient (Wildman–Crippen LogP) is 3.82. The number of carboxylic acid groups (broad SMARTS) is 1. The topological polar surface area (TPSA) is 114 Å². The molecule has 0 aliphatic carbocycles. The molecule has 0 bridgehead atoms. The van der Waals surface area contributed by atoms with Crippen molar-refractivity contribution in [3.63, 3.8) is 0 Å². The number of aromatic nitrogens is 3. The number of aryl methyl sites for hydroxylation is 1. The summed E-state index contributed by atoms with van der Waals surface area (Å²) in [5, 5.41) is 17.7. The molecule has 0 spiro atoms. The minimum Gasteiger partial charge on any atom is -0.478 e. The van der Waals surface area contributed by atoms with Gasteiger partial charge in [0.2, 0.25) is 0 Å². The third-order valence-corrected chi connectivity index (χ3v) is 6.69. The van der Waals surface area contributed by atoms with Gasteiger partial charge >= 0.3 is 5.97 Å². The van der Waals surface area contributed by atoms with E-state index in [1.165, 1.54) is 12.1 Å². The molecular formula is C20H19ClN4O4S. The van der Waals surface area contributed by atoms with Crippen molar-refractivity contribution in [3.8, 4) is 11.4 Å². The van der Waals surface area contributed by atoms with Gasteiger partial charge in [0.25, 0.3) is 10.0 Å². The summed E-state index contributed by atoms with van der Waals surface area (Å²) >= 11 is 5.82. The van der Waals surface area contributed by atoms with Gasteiger partial charge in [0.05, 0.1) is 15.5 Å². The summed E-state index contributed by atoms with van der Waals surface area (Å²) in [5.41, 5.74) is 0.918. The van der Waals surface area contributed by atoms with Gasteiger partial charge in [-0.05, 0) is 55.3 Å².